The molecule has 0 bridgehead atoms. The predicted molar refractivity (Wildman–Crippen MR) is 71.6 cm³/mol. The topological polar surface area (TPSA) is 42.2 Å². The zero-order valence-corrected chi connectivity index (χ0v) is 10.3. The summed E-state index contributed by atoms with van der Waals surface area (Å²) in [6.45, 7) is 0.740. The van der Waals surface area contributed by atoms with E-state index in [9.17, 15) is 4.39 Å². The standard InChI is InChI=1S/C14H13FN4/c15-12-3-1-11(2-4-12)5-7-16-14-13-6-8-18-19(13)10-9-17-14/h1-4,6,8-10H,5,7H2,(H,16,17). The number of aromatic nitrogens is 3. The molecule has 0 saturated heterocycles. The van der Waals surface area contributed by atoms with Crippen molar-refractivity contribution in [3.63, 3.8) is 0 Å². The molecule has 0 aliphatic carbocycles. The lowest BCUT2D eigenvalue weighted by atomic mass is 10.1. The second-order valence-electron chi connectivity index (χ2n) is 4.24. The third-order valence-electron chi connectivity index (χ3n) is 2.94. The van der Waals surface area contributed by atoms with Crippen molar-refractivity contribution in [2.24, 2.45) is 0 Å². The molecule has 1 N–H and O–H groups in total. The summed E-state index contributed by atoms with van der Waals surface area (Å²) in [5.41, 5.74) is 2.04. The maximum absolute atomic E-state index is 12.8. The summed E-state index contributed by atoms with van der Waals surface area (Å²) in [6, 6.07) is 8.46. The number of nitrogens with zero attached hydrogens (tertiary/aromatic N) is 3. The molecular weight excluding hydrogens is 243 g/mol. The first-order valence-electron chi connectivity index (χ1n) is 6.09. The van der Waals surface area contributed by atoms with Crippen molar-refractivity contribution < 1.29 is 4.39 Å². The molecule has 0 aliphatic rings. The molecule has 19 heavy (non-hydrogen) atoms. The Balaban J connectivity index is 1.66. The van der Waals surface area contributed by atoms with Gasteiger partial charge in [0, 0.05) is 18.9 Å². The Bertz CT molecular complexity index is 675. The molecule has 5 heteroatoms. The zero-order valence-electron chi connectivity index (χ0n) is 10.3. The van der Waals surface area contributed by atoms with Crippen LogP contribution in [0.2, 0.25) is 0 Å². The van der Waals surface area contributed by atoms with E-state index in [0.29, 0.717) is 0 Å². The lowest BCUT2D eigenvalue weighted by Crippen LogP contribution is -2.07. The first kappa shape index (κ1) is 11.6. The van der Waals surface area contributed by atoms with Crippen molar-refractivity contribution in [2.45, 2.75) is 6.42 Å². The lowest BCUT2D eigenvalue weighted by molar-refractivity contribution is 0.627. The van der Waals surface area contributed by atoms with Gasteiger partial charge in [-0.3, -0.25) is 0 Å². The van der Waals surface area contributed by atoms with Gasteiger partial charge in [0.25, 0.3) is 0 Å². The summed E-state index contributed by atoms with van der Waals surface area (Å²) in [5, 5.41) is 7.42. The van der Waals surface area contributed by atoms with Crippen LogP contribution in [0.25, 0.3) is 5.52 Å². The van der Waals surface area contributed by atoms with E-state index in [-0.39, 0.29) is 5.82 Å². The summed E-state index contributed by atoms with van der Waals surface area (Å²) in [6.07, 6.45) is 6.07. The number of nitrogens with one attached hydrogen (secondary N) is 1. The molecule has 0 spiro atoms. The SMILES string of the molecule is Fc1ccc(CCNc2nccn3nccc23)cc1. The molecular formula is C14H13FN4. The fraction of sp³-hybridized carbons (Fsp3) is 0.143. The van der Waals surface area contributed by atoms with E-state index in [1.54, 1.807) is 35.2 Å². The molecule has 0 amide bonds. The second kappa shape index (κ2) is 5.06. The van der Waals surface area contributed by atoms with Crippen LogP contribution in [0.1, 0.15) is 5.56 Å². The van der Waals surface area contributed by atoms with Crippen molar-refractivity contribution in [1.82, 2.24) is 14.6 Å². The van der Waals surface area contributed by atoms with Gasteiger partial charge in [0.2, 0.25) is 0 Å². The summed E-state index contributed by atoms with van der Waals surface area (Å²) in [4.78, 5) is 4.29. The number of hydrogen-bond donors (Lipinski definition) is 1. The zero-order chi connectivity index (χ0) is 13.1. The van der Waals surface area contributed by atoms with E-state index in [1.165, 1.54) is 12.1 Å². The minimum atomic E-state index is -0.206. The maximum atomic E-state index is 12.8. The van der Waals surface area contributed by atoms with Gasteiger partial charge < -0.3 is 5.32 Å². The van der Waals surface area contributed by atoms with Crippen LogP contribution in [-0.4, -0.2) is 21.1 Å². The number of halogens is 1. The van der Waals surface area contributed by atoms with E-state index < -0.39 is 0 Å². The van der Waals surface area contributed by atoms with Crippen molar-refractivity contribution in [3.05, 3.63) is 60.3 Å². The maximum Gasteiger partial charge on any atom is 0.152 e. The van der Waals surface area contributed by atoms with Gasteiger partial charge in [-0.2, -0.15) is 5.10 Å². The smallest absolute Gasteiger partial charge is 0.152 e. The highest BCUT2D eigenvalue weighted by atomic mass is 19.1. The first-order chi connectivity index (χ1) is 9.33. The minimum Gasteiger partial charge on any atom is -0.368 e. The summed E-state index contributed by atoms with van der Waals surface area (Å²) < 4.78 is 14.5. The van der Waals surface area contributed by atoms with Gasteiger partial charge in [0.15, 0.2) is 5.82 Å². The molecule has 2 heterocycles. The van der Waals surface area contributed by atoms with E-state index >= 15 is 0 Å². The quantitative estimate of drug-likeness (QED) is 0.780. The van der Waals surface area contributed by atoms with Crippen LogP contribution >= 0.6 is 0 Å². The Labute approximate surface area is 109 Å². The normalized spacial score (nSPS) is 10.8. The van der Waals surface area contributed by atoms with Gasteiger partial charge in [-0.05, 0) is 30.2 Å². The molecule has 96 valence electrons. The Hall–Kier alpha value is -2.43. The number of hydrogen-bond acceptors (Lipinski definition) is 3. The van der Waals surface area contributed by atoms with Crippen LogP contribution in [0, 0.1) is 5.82 Å². The molecule has 0 saturated carbocycles. The number of benzene rings is 1. The molecule has 1 aromatic carbocycles. The van der Waals surface area contributed by atoms with E-state index in [0.717, 1.165) is 29.9 Å². The first-order valence-corrected chi connectivity index (χ1v) is 6.09. The highest BCUT2D eigenvalue weighted by Crippen LogP contribution is 2.12. The highest BCUT2D eigenvalue weighted by molar-refractivity contribution is 5.66. The molecule has 2 aromatic heterocycles. The third-order valence-corrected chi connectivity index (χ3v) is 2.94. The van der Waals surface area contributed by atoms with Gasteiger partial charge in [-0.25, -0.2) is 13.9 Å². The Morgan fingerprint density at radius 3 is 2.79 bits per heavy atom. The molecule has 0 radical (unpaired) electrons. The lowest BCUT2D eigenvalue weighted by Gasteiger charge is -2.07. The second-order valence-corrected chi connectivity index (χ2v) is 4.24. The van der Waals surface area contributed by atoms with Gasteiger partial charge in [0.1, 0.15) is 11.3 Å². The molecule has 4 nitrogen and oxygen atoms in total. The van der Waals surface area contributed by atoms with Crippen LogP contribution < -0.4 is 5.32 Å². The summed E-state index contributed by atoms with van der Waals surface area (Å²) in [5.74, 6) is 0.601. The molecule has 0 aliphatic heterocycles. The van der Waals surface area contributed by atoms with Gasteiger partial charge in [-0.1, -0.05) is 12.1 Å². The van der Waals surface area contributed by atoms with Gasteiger partial charge in [0.05, 0.1) is 6.20 Å². The average molecular weight is 256 g/mol. The minimum absolute atomic E-state index is 0.206. The fourth-order valence-corrected chi connectivity index (χ4v) is 1.97. The van der Waals surface area contributed by atoms with Crippen molar-refractivity contribution >= 4 is 11.3 Å². The third kappa shape index (κ3) is 2.54. The molecule has 3 rings (SSSR count). The van der Waals surface area contributed by atoms with Crippen LogP contribution in [0.5, 0.6) is 0 Å². The van der Waals surface area contributed by atoms with Crippen molar-refractivity contribution in [3.8, 4) is 0 Å². The molecule has 0 fully saturated rings. The van der Waals surface area contributed by atoms with Gasteiger partial charge in [-0.15, -0.1) is 0 Å². The average Bonchev–Trinajstić information content (AvgIpc) is 2.90. The highest BCUT2D eigenvalue weighted by Gasteiger charge is 2.02. The summed E-state index contributed by atoms with van der Waals surface area (Å²) >= 11 is 0. The monoisotopic (exact) mass is 256 g/mol. The van der Waals surface area contributed by atoms with Crippen LogP contribution in [0.15, 0.2) is 48.9 Å². The fourth-order valence-electron chi connectivity index (χ4n) is 1.97. The van der Waals surface area contributed by atoms with Gasteiger partial charge >= 0.3 is 0 Å². The Morgan fingerprint density at radius 2 is 1.95 bits per heavy atom. The largest absolute Gasteiger partial charge is 0.368 e. The Kier molecular flexibility index (Phi) is 3.10. The van der Waals surface area contributed by atoms with Crippen molar-refractivity contribution in [2.75, 3.05) is 11.9 Å². The number of fused-ring (bicyclic) bond motifs is 1. The van der Waals surface area contributed by atoms with E-state index in [1.807, 2.05) is 6.07 Å². The molecule has 0 unspecified atom stereocenters. The van der Waals surface area contributed by atoms with Crippen LogP contribution in [-0.2, 0) is 6.42 Å². The molecule has 0 atom stereocenters. The summed E-state index contributed by atoms with van der Waals surface area (Å²) in [7, 11) is 0. The predicted octanol–water partition coefficient (Wildman–Crippen LogP) is 2.52. The van der Waals surface area contributed by atoms with E-state index in [2.05, 4.69) is 15.4 Å². The van der Waals surface area contributed by atoms with E-state index in [4.69, 9.17) is 0 Å². The van der Waals surface area contributed by atoms with Crippen molar-refractivity contribution in [1.29, 1.82) is 0 Å². The Morgan fingerprint density at radius 1 is 1.11 bits per heavy atom. The number of rotatable bonds is 4. The number of anilines is 1. The van der Waals surface area contributed by atoms with Crippen LogP contribution in [0.4, 0.5) is 10.2 Å². The van der Waals surface area contributed by atoms with Crippen LogP contribution in [0.3, 0.4) is 0 Å². The molecule has 3 aromatic rings.